The van der Waals surface area contributed by atoms with Crippen molar-refractivity contribution in [2.24, 2.45) is 0 Å². The van der Waals surface area contributed by atoms with Crippen molar-refractivity contribution in [3.05, 3.63) is 133 Å². The molecule has 1 heteroatoms. The first-order chi connectivity index (χ1) is 14.3. The van der Waals surface area contributed by atoms with E-state index in [-0.39, 0.29) is 0 Å². The maximum Gasteiger partial charge on any atom is 0.148 e. The molecule has 29 heavy (non-hydrogen) atoms. The van der Waals surface area contributed by atoms with Gasteiger partial charge in [0.05, 0.1) is 0 Å². The number of hydrogen-bond acceptors (Lipinski definition) is 0. The van der Waals surface area contributed by atoms with E-state index in [1.165, 1.54) is 26.7 Å². The number of rotatable bonds is 7. The van der Waals surface area contributed by atoms with Gasteiger partial charge in [-0.25, -0.2) is 0 Å². The van der Waals surface area contributed by atoms with Gasteiger partial charge < -0.3 is 0 Å². The zero-order valence-corrected chi connectivity index (χ0v) is 17.7. The average Bonchev–Trinajstić information content (AvgIpc) is 2.82. The van der Waals surface area contributed by atoms with Gasteiger partial charge in [-0.3, -0.25) is 0 Å². The topological polar surface area (TPSA) is 0 Å². The van der Waals surface area contributed by atoms with Crippen LogP contribution in [0, 0.1) is 0 Å². The summed E-state index contributed by atoms with van der Waals surface area (Å²) in [5.74, 6) is 0. The van der Waals surface area contributed by atoms with Gasteiger partial charge in [0.2, 0.25) is 0 Å². The van der Waals surface area contributed by atoms with Crippen molar-refractivity contribution >= 4 is 29.7 Å². The second-order valence-electron chi connectivity index (χ2n) is 7.45. The van der Waals surface area contributed by atoms with Gasteiger partial charge in [0.25, 0.3) is 0 Å². The Kier molecular flexibility index (Phi) is 5.88. The van der Waals surface area contributed by atoms with E-state index in [1.807, 2.05) is 6.08 Å². The molecule has 0 saturated heterocycles. The lowest BCUT2D eigenvalue weighted by Gasteiger charge is -2.34. The van der Waals surface area contributed by atoms with Crippen molar-refractivity contribution in [3.63, 3.8) is 0 Å². The molecule has 0 aliphatic rings. The normalized spacial score (nSPS) is 11.2. The zero-order chi connectivity index (χ0) is 19.9. The van der Waals surface area contributed by atoms with E-state index in [4.69, 9.17) is 0 Å². The van der Waals surface area contributed by atoms with Gasteiger partial charge in [-0.1, -0.05) is 128 Å². The quantitative estimate of drug-likeness (QED) is 0.306. The van der Waals surface area contributed by atoms with E-state index >= 15 is 0 Å². The van der Waals surface area contributed by atoms with Gasteiger partial charge in [-0.15, -0.1) is 0 Å². The smallest absolute Gasteiger partial charge is 0.0985 e. The van der Waals surface area contributed by atoms with Crippen LogP contribution in [0.1, 0.15) is 11.1 Å². The summed E-state index contributed by atoms with van der Waals surface area (Å²) in [7, 11) is -2.15. The van der Waals surface area contributed by atoms with Gasteiger partial charge in [-0.2, -0.15) is 0 Å². The summed E-state index contributed by atoms with van der Waals surface area (Å²) in [5.41, 5.74) is 2.56. The van der Waals surface area contributed by atoms with E-state index in [9.17, 15) is 0 Å². The largest absolute Gasteiger partial charge is 0.148 e. The van der Waals surface area contributed by atoms with Crippen LogP contribution in [-0.4, -0.2) is 8.07 Å². The van der Waals surface area contributed by atoms with Crippen LogP contribution in [0.2, 0.25) is 6.04 Å². The molecule has 0 unspecified atom stereocenters. The highest BCUT2D eigenvalue weighted by Gasteiger charge is 2.38. The van der Waals surface area contributed by atoms with Crippen molar-refractivity contribution in [2.45, 2.75) is 12.5 Å². The Morgan fingerprint density at radius 1 is 0.552 bits per heavy atom. The molecule has 0 heterocycles. The fourth-order valence-corrected chi connectivity index (χ4v) is 9.07. The van der Waals surface area contributed by atoms with Gasteiger partial charge in [0.15, 0.2) is 0 Å². The molecule has 0 bridgehead atoms. The molecule has 0 aliphatic carbocycles. The molecule has 0 aromatic heterocycles. The molecular formula is C28H26Si. The minimum atomic E-state index is -2.15. The summed E-state index contributed by atoms with van der Waals surface area (Å²) in [6.45, 7) is 3.87. The summed E-state index contributed by atoms with van der Waals surface area (Å²) < 4.78 is 0. The van der Waals surface area contributed by atoms with E-state index < -0.39 is 8.07 Å². The van der Waals surface area contributed by atoms with Gasteiger partial charge in [0.1, 0.15) is 8.07 Å². The second kappa shape index (κ2) is 8.89. The Morgan fingerprint density at radius 3 is 1.34 bits per heavy atom. The molecule has 4 aromatic rings. The second-order valence-corrected chi connectivity index (χ2v) is 11.5. The Bertz CT molecular complexity index is 939. The average molecular weight is 391 g/mol. The lowest BCUT2D eigenvalue weighted by molar-refractivity contribution is 1.11. The fourth-order valence-electron chi connectivity index (χ4n) is 4.25. The predicted octanol–water partition coefficient (Wildman–Crippen LogP) is 5.04. The molecule has 4 aromatic carbocycles. The molecule has 0 fully saturated rings. The molecule has 142 valence electrons. The molecule has 0 radical (unpaired) electrons. The maximum absolute atomic E-state index is 3.87. The van der Waals surface area contributed by atoms with Crippen LogP contribution in [0.25, 0.3) is 6.08 Å². The Balaban J connectivity index is 1.84. The summed E-state index contributed by atoms with van der Waals surface area (Å²) in [6, 6.07) is 43.4. The van der Waals surface area contributed by atoms with Crippen molar-refractivity contribution in [1.29, 1.82) is 0 Å². The van der Waals surface area contributed by atoms with E-state index in [0.29, 0.717) is 0 Å². The van der Waals surface area contributed by atoms with Crippen LogP contribution in [-0.2, 0) is 6.42 Å². The number of benzene rings is 4. The highest BCUT2D eigenvalue weighted by Crippen LogP contribution is 2.17. The molecular weight excluding hydrogens is 364 g/mol. The zero-order valence-electron chi connectivity index (χ0n) is 16.7. The third-order valence-electron chi connectivity index (χ3n) is 5.80. The Morgan fingerprint density at radius 2 is 0.966 bits per heavy atom. The van der Waals surface area contributed by atoms with Crippen LogP contribution in [0.4, 0.5) is 0 Å². The third kappa shape index (κ3) is 4.01. The third-order valence-corrected chi connectivity index (χ3v) is 10.8. The monoisotopic (exact) mass is 390 g/mol. The fraction of sp³-hybridized carbons (Fsp3) is 0.0714. The molecule has 0 amide bonds. The summed E-state index contributed by atoms with van der Waals surface area (Å²) in [5, 5.41) is 4.42. The van der Waals surface area contributed by atoms with Crippen molar-refractivity contribution in [2.75, 3.05) is 0 Å². The van der Waals surface area contributed by atoms with Crippen LogP contribution in [0.5, 0.6) is 0 Å². The first-order valence-electron chi connectivity index (χ1n) is 10.2. The van der Waals surface area contributed by atoms with Crippen molar-refractivity contribution in [3.8, 4) is 0 Å². The molecule has 0 atom stereocenters. The molecule has 0 spiro atoms. The highest BCUT2D eigenvalue weighted by molar-refractivity contribution is 7.11. The molecule has 0 aliphatic heterocycles. The minimum absolute atomic E-state index is 1.06. The van der Waals surface area contributed by atoms with Crippen molar-refractivity contribution < 1.29 is 0 Å². The molecule has 0 N–H and O–H groups in total. The maximum atomic E-state index is 3.87. The van der Waals surface area contributed by atoms with Gasteiger partial charge >= 0.3 is 0 Å². The first kappa shape index (κ1) is 19.2. The molecule has 4 rings (SSSR count). The predicted molar refractivity (Wildman–Crippen MR) is 129 cm³/mol. The molecule has 0 nitrogen and oxygen atoms in total. The van der Waals surface area contributed by atoms with Crippen molar-refractivity contribution in [1.82, 2.24) is 0 Å². The van der Waals surface area contributed by atoms with E-state index in [1.54, 1.807) is 0 Å². The lowest BCUT2D eigenvalue weighted by Crippen LogP contribution is -2.67. The minimum Gasteiger partial charge on any atom is -0.0985 e. The Hall–Kier alpha value is -3.16. The summed E-state index contributed by atoms with van der Waals surface area (Å²) >= 11 is 0. The summed E-state index contributed by atoms with van der Waals surface area (Å²) in [6.07, 6.45) is 2.96. The lowest BCUT2D eigenvalue weighted by atomic mass is 10.1. The molecule has 0 saturated carbocycles. The van der Waals surface area contributed by atoms with Crippen LogP contribution >= 0.6 is 0 Å². The standard InChI is InChI=1S/C28H26Si/c1-2-24-18-20-25(21-19-24)22-23-29(26-12-6-3-7-13-26,27-14-8-4-9-15-27)28-16-10-5-11-17-28/h2-21H,1,22-23H2. The van der Waals surface area contributed by atoms with Crippen LogP contribution in [0.3, 0.4) is 0 Å². The van der Waals surface area contributed by atoms with Crippen LogP contribution < -0.4 is 15.6 Å². The van der Waals surface area contributed by atoms with E-state index in [2.05, 4.69) is 122 Å². The number of hydrogen-bond donors (Lipinski definition) is 0. The van der Waals surface area contributed by atoms with E-state index in [0.717, 1.165) is 12.5 Å². The first-order valence-corrected chi connectivity index (χ1v) is 12.4. The SMILES string of the molecule is C=Cc1ccc(CC[Si](c2ccccc2)(c2ccccc2)c2ccccc2)cc1. The summed E-state index contributed by atoms with van der Waals surface area (Å²) in [4.78, 5) is 0. The highest BCUT2D eigenvalue weighted by atomic mass is 28.3. The van der Waals surface area contributed by atoms with Gasteiger partial charge in [0, 0.05) is 0 Å². The van der Waals surface area contributed by atoms with Crippen LogP contribution in [0.15, 0.2) is 122 Å². The number of aryl methyl sites for hydroxylation is 1. The Labute approximate surface area is 175 Å². The van der Waals surface area contributed by atoms with Gasteiger partial charge in [-0.05, 0) is 39.2 Å².